The van der Waals surface area contributed by atoms with Gasteiger partial charge in [-0.15, -0.1) is 0 Å². The molecule has 3 nitrogen and oxygen atoms in total. The zero-order valence-corrected chi connectivity index (χ0v) is 12.5. The lowest BCUT2D eigenvalue weighted by Crippen LogP contribution is -2.37. The van der Waals surface area contributed by atoms with Gasteiger partial charge in [0.05, 0.1) is 11.6 Å². The Balaban J connectivity index is 2.02. The third kappa shape index (κ3) is 3.53. The number of rotatable bonds is 2. The average Bonchev–Trinajstić information content (AvgIpc) is 2.34. The van der Waals surface area contributed by atoms with E-state index in [1.807, 2.05) is 18.2 Å². The Morgan fingerprint density at radius 3 is 2.88 bits per heavy atom. The normalized spacial score (nSPS) is 20.0. The summed E-state index contributed by atoms with van der Waals surface area (Å²) >= 11 is 6.83. The molecule has 1 aromatic rings. The van der Waals surface area contributed by atoms with E-state index in [0.29, 0.717) is 0 Å². The number of amides is 1. The molecule has 0 unspecified atom stereocenters. The Morgan fingerprint density at radius 2 is 2.24 bits per heavy atom. The van der Waals surface area contributed by atoms with Gasteiger partial charge < -0.3 is 10.6 Å². The van der Waals surface area contributed by atoms with Gasteiger partial charge in [0, 0.05) is 15.5 Å². The Morgan fingerprint density at radius 1 is 1.41 bits per heavy atom. The standard InChI is InChI=1S/C12H14Br2N2O/c13-9-3-4-11(10(14)6-9)16-12(17)8-2-1-5-15-7-8/h3-4,6,8,15H,1-2,5,7H2,(H,16,17)/t8-/m1/s1. The van der Waals surface area contributed by atoms with Crippen LogP contribution in [-0.2, 0) is 4.79 Å². The van der Waals surface area contributed by atoms with Crippen molar-refractivity contribution in [1.29, 1.82) is 0 Å². The summed E-state index contributed by atoms with van der Waals surface area (Å²) in [6.07, 6.45) is 2.03. The molecule has 1 aromatic carbocycles. The van der Waals surface area contributed by atoms with Crippen molar-refractivity contribution in [2.45, 2.75) is 12.8 Å². The number of nitrogens with one attached hydrogen (secondary N) is 2. The number of halogens is 2. The number of benzene rings is 1. The van der Waals surface area contributed by atoms with Gasteiger partial charge in [-0.25, -0.2) is 0 Å². The lowest BCUT2D eigenvalue weighted by molar-refractivity contribution is -0.120. The number of carbonyl (C=O) groups excluding carboxylic acids is 1. The second-order valence-electron chi connectivity index (χ2n) is 4.16. The van der Waals surface area contributed by atoms with Crippen molar-refractivity contribution in [3.05, 3.63) is 27.1 Å². The summed E-state index contributed by atoms with van der Waals surface area (Å²) in [6.45, 7) is 1.80. The third-order valence-electron chi connectivity index (χ3n) is 2.86. The molecule has 5 heteroatoms. The van der Waals surface area contributed by atoms with Gasteiger partial charge in [-0.2, -0.15) is 0 Å². The van der Waals surface area contributed by atoms with Gasteiger partial charge in [-0.1, -0.05) is 15.9 Å². The molecule has 17 heavy (non-hydrogen) atoms. The van der Waals surface area contributed by atoms with Crippen molar-refractivity contribution < 1.29 is 4.79 Å². The molecule has 1 amide bonds. The molecule has 0 aliphatic carbocycles. The average molecular weight is 362 g/mol. The predicted octanol–water partition coefficient (Wildman–Crippen LogP) is 3.15. The first-order valence-electron chi connectivity index (χ1n) is 5.63. The summed E-state index contributed by atoms with van der Waals surface area (Å²) in [5.41, 5.74) is 0.823. The molecule has 0 spiro atoms. The monoisotopic (exact) mass is 360 g/mol. The minimum atomic E-state index is 0.0827. The molecule has 0 saturated carbocycles. The first kappa shape index (κ1) is 13.1. The van der Waals surface area contributed by atoms with Crippen LogP contribution in [0.5, 0.6) is 0 Å². The quantitative estimate of drug-likeness (QED) is 0.849. The zero-order valence-electron chi connectivity index (χ0n) is 9.30. The number of hydrogen-bond acceptors (Lipinski definition) is 2. The van der Waals surface area contributed by atoms with Gasteiger partial charge in [-0.3, -0.25) is 4.79 Å². The summed E-state index contributed by atoms with van der Waals surface area (Å²) in [6, 6.07) is 5.73. The number of piperidine rings is 1. The van der Waals surface area contributed by atoms with E-state index in [4.69, 9.17) is 0 Å². The molecular weight excluding hydrogens is 348 g/mol. The maximum Gasteiger partial charge on any atom is 0.228 e. The van der Waals surface area contributed by atoms with Crippen LogP contribution in [0.1, 0.15) is 12.8 Å². The van der Waals surface area contributed by atoms with Crippen molar-refractivity contribution in [3.63, 3.8) is 0 Å². The first-order valence-corrected chi connectivity index (χ1v) is 7.22. The summed E-state index contributed by atoms with van der Waals surface area (Å²) in [7, 11) is 0. The highest BCUT2D eigenvalue weighted by atomic mass is 79.9. The van der Waals surface area contributed by atoms with Crippen LogP contribution in [0.4, 0.5) is 5.69 Å². The third-order valence-corrected chi connectivity index (χ3v) is 4.01. The number of anilines is 1. The van der Waals surface area contributed by atoms with Crippen LogP contribution in [0, 0.1) is 5.92 Å². The second kappa shape index (κ2) is 5.98. The van der Waals surface area contributed by atoms with Gasteiger partial charge in [0.1, 0.15) is 0 Å². The van der Waals surface area contributed by atoms with Crippen LogP contribution < -0.4 is 10.6 Å². The molecule has 2 N–H and O–H groups in total. The number of carbonyl (C=O) groups is 1. The Bertz CT molecular complexity index is 417. The molecule has 1 aliphatic rings. The zero-order chi connectivity index (χ0) is 12.3. The topological polar surface area (TPSA) is 41.1 Å². The van der Waals surface area contributed by atoms with Crippen LogP contribution in [0.25, 0.3) is 0 Å². The Kier molecular flexibility index (Phi) is 4.59. The molecule has 1 aliphatic heterocycles. The summed E-state index contributed by atoms with van der Waals surface area (Å²) < 4.78 is 1.88. The fourth-order valence-electron chi connectivity index (χ4n) is 1.90. The molecule has 1 fully saturated rings. The fraction of sp³-hybridized carbons (Fsp3) is 0.417. The largest absolute Gasteiger partial charge is 0.325 e. The molecule has 0 aromatic heterocycles. The van der Waals surface area contributed by atoms with E-state index in [0.717, 1.165) is 40.6 Å². The highest BCUT2D eigenvalue weighted by Gasteiger charge is 2.21. The van der Waals surface area contributed by atoms with Crippen LogP contribution in [0.3, 0.4) is 0 Å². The van der Waals surface area contributed by atoms with E-state index in [1.54, 1.807) is 0 Å². The Hall–Kier alpha value is -0.390. The molecule has 1 atom stereocenters. The summed E-state index contributed by atoms with van der Waals surface area (Å²) in [4.78, 5) is 12.0. The minimum Gasteiger partial charge on any atom is -0.325 e. The molecule has 2 rings (SSSR count). The number of hydrogen-bond donors (Lipinski definition) is 2. The van der Waals surface area contributed by atoms with E-state index in [2.05, 4.69) is 42.5 Å². The van der Waals surface area contributed by atoms with Crippen molar-refractivity contribution in [1.82, 2.24) is 5.32 Å². The van der Waals surface area contributed by atoms with Crippen molar-refractivity contribution in [2.24, 2.45) is 5.92 Å². The molecule has 92 valence electrons. The van der Waals surface area contributed by atoms with Gasteiger partial charge in [0.2, 0.25) is 5.91 Å². The van der Waals surface area contributed by atoms with Gasteiger partial charge in [0.15, 0.2) is 0 Å². The van der Waals surface area contributed by atoms with Crippen LogP contribution >= 0.6 is 31.9 Å². The van der Waals surface area contributed by atoms with E-state index >= 15 is 0 Å². The van der Waals surface area contributed by atoms with E-state index < -0.39 is 0 Å². The first-order chi connectivity index (χ1) is 8.16. The smallest absolute Gasteiger partial charge is 0.228 e. The highest BCUT2D eigenvalue weighted by molar-refractivity contribution is 9.11. The molecule has 0 radical (unpaired) electrons. The van der Waals surface area contributed by atoms with E-state index in [9.17, 15) is 4.79 Å². The lowest BCUT2D eigenvalue weighted by atomic mass is 9.99. The minimum absolute atomic E-state index is 0.0827. The highest BCUT2D eigenvalue weighted by Crippen LogP contribution is 2.27. The Labute approximate surface area is 118 Å². The molecule has 1 heterocycles. The van der Waals surface area contributed by atoms with Crippen LogP contribution in [0.15, 0.2) is 27.1 Å². The van der Waals surface area contributed by atoms with Crippen molar-refractivity contribution in [2.75, 3.05) is 18.4 Å². The van der Waals surface area contributed by atoms with Crippen molar-refractivity contribution in [3.8, 4) is 0 Å². The lowest BCUT2D eigenvalue weighted by Gasteiger charge is -2.22. The SMILES string of the molecule is O=C(Nc1ccc(Br)cc1Br)[C@@H]1CCCNC1. The van der Waals surface area contributed by atoms with E-state index in [1.165, 1.54) is 0 Å². The molecular formula is C12H14Br2N2O. The van der Waals surface area contributed by atoms with Gasteiger partial charge in [0.25, 0.3) is 0 Å². The molecule has 0 bridgehead atoms. The maximum atomic E-state index is 12.0. The second-order valence-corrected chi connectivity index (χ2v) is 5.93. The van der Waals surface area contributed by atoms with E-state index in [-0.39, 0.29) is 11.8 Å². The van der Waals surface area contributed by atoms with Crippen LogP contribution in [-0.4, -0.2) is 19.0 Å². The van der Waals surface area contributed by atoms with Gasteiger partial charge >= 0.3 is 0 Å². The molecule has 1 saturated heterocycles. The summed E-state index contributed by atoms with van der Waals surface area (Å²) in [5.74, 6) is 0.180. The predicted molar refractivity (Wildman–Crippen MR) is 76.1 cm³/mol. The summed E-state index contributed by atoms with van der Waals surface area (Å²) in [5, 5.41) is 6.21. The maximum absolute atomic E-state index is 12.0. The fourth-order valence-corrected chi connectivity index (χ4v) is 3.05. The van der Waals surface area contributed by atoms with Gasteiger partial charge in [-0.05, 0) is 53.5 Å². The van der Waals surface area contributed by atoms with Crippen molar-refractivity contribution >= 4 is 43.5 Å². The van der Waals surface area contributed by atoms with Crippen LogP contribution in [0.2, 0.25) is 0 Å².